The van der Waals surface area contributed by atoms with Gasteiger partial charge in [-0.25, -0.2) is 6.07 Å². The molecule has 1 fully saturated rings. The van der Waals surface area contributed by atoms with E-state index in [-0.39, 0.29) is 0 Å². The van der Waals surface area contributed by atoms with Crippen molar-refractivity contribution >= 4 is 17.0 Å². The van der Waals surface area contributed by atoms with E-state index in [2.05, 4.69) is 59.7 Å². The number of aryl methyl sites for hydroxylation is 1. The molecule has 0 spiro atoms. The van der Waals surface area contributed by atoms with Gasteiger partial charge in [-0.2, -0.15) is 51.1 Å². The van der Waals surface area contributed by atoms with Gasteiger partial charge in [0.1, 0.15) is 0 Å². The Morgan fingerprint density at radius 3 is 1.65 bits per heavy atom. The molecule has 144 valence electrons. The fourth-order valence-electron chi connectivity index (χ4n) is 3.86. The van der Waals surface area contributed by atoms with E-state index >= 15 is 0 Å². The maximum absolute atomic E-state index is 4.93. The summed E-state index contributed by atoms with van der Waals surface area (Å²) in [6.07, 6.45) is 8.63. The summed E-state index contributed by atoms with van der Waals surface area (Å²) in [4.78, 5) is 0. The molecule has 1 aliphatic rings. The zero-order valence-electron chi connectivity index (χ0n) is 17.3. The molecule has 0 unspecified atom stereocenters. The number of hydrogen-bond donors (Lipinski definition) is 0. The van der Waals surface area contributed by atoms with Crippen molar-refractivity contribution in [3.8, 4) is 0 Å². The van der Waals surface area contributed by atoms with Crippen LogP contribution in [0.15, 0.2) is 18.2 Å². The van der Waals surface area contributed by atoms with Crippen LogP contribution in [0.1, 0.15) is 83.4 Å². The van der Waals surface area contributed by atoms with Gasteiger partial charge in [0.25, 0.3) is 0 Å². The molecule has 2 aromatic rings. The summed E-state index contributed by atoms with van der Waals surface area (Å²) in [7, 11) is 9.87. The first-order valence-corrected chi connectivity index (χ1v) is 16.1. The van der Waals surface area contributed by atoms with Gasteiger partial charge in [0.15, 0.2) is 0 Å². The van der Waals surface area contributed by atoms with E-state index in [0.29, 0.717) is 0 Å². The normalized spacial score (nSPS) is 14.5. The second-order valence-corrected chi connectivity index (χ2v) is 11.3. The van der Waals surface area contributed by atoms with Gasteiger partial charge in [-0.05, 0) is 0 Å². The van der Waals surface area contributed by atoms with E-state index in [9.17, 15) is 0 Å². The van der Waals surface area contributed by atoms with Crippen LogP contribution in [0, 0.1) is 41.5 Å². The van der Waals surface area contributed by atoms with E-state index < -0.39 is 20.8 Å². The van der Waals surface area contributed by atoms with Crippen molar-refractivity contribution in [2.75, 3.05) is 0 Å². The first-order chi connectivity index (χ1) is 12.3. The molecule has 0 bridgehead atoms. The van der Waals surface area contributed by atoms with Crippen LogP contribution in [-0.4, -0.2) is 0 Å². The molecule has 0 aliphatic heterocycles. The first kappa shape index (κ1) is 24.2. The molecule has 0 atom stereocenters. The quantitative estimate of drug-likeness (QED) is 0.288. The molecule has 0 aromatic heterocycles. The van der Waals surface area contributed by atoms with Crippen molar-refractivity contribution in [3.63, 3.8) is 0 Å². The Balaban J connectivity index is 0.000000233. The van der Waals surface area contributed by atoms with E-state index in [0.717, 1.165) is 5.92 Å². The van der Waals surface area contributed by atoms with Gasteiger partial charge in [-0.1, -0.05) is 86.0 Å². The molecule has 0 saturated heterocycles. The van der Waals surface area contributed by atoms with Crippen LogP contribution in [0.25, 0.3) is 0 Å². The minimum absolute atomic E-state index is 0.826. The summed E-state index contributed by atoms with van der Waals surface area (Å²) >= 11 is -0.826. The average Bonchev–Trinajstić information content (AvgIpc) is 2.97. The molecule has 1 saturated carbocycles. The third kappa shape index (κ3) is 7.29. The van der Waals surface area contributed by atoms with Crippen LogP contribution in [0.3, 0.4) is 0 Å². The van der Waals surface area contributed by atoms with E-state index in [1.54, 1.807) is 5.56 Å². The van der Waals surface area contributed by atoms with Gasteiger partial charge >= 0.3 is 37.9 Å². The van der Waals surface area contributed by atoms with Crippen LogP contribution >= 0.6 is 17.0 Å². The first-order valence-electron chi connectivity index (χ1n) is 9.72. The summed E-state index contributed by atoms with van der Waals surface area (Å²) in [6.45, 7) is 13.2. The van der Waals surface area contributed by atoms with Crippen LogP contribution in [-0.2, 0) is 20.8 Å². The molecule has 0 radical (unpaired) electrons. The van der Waals surface area contributed by atoms with Crippen molar-refractivity contribution < 1.29 is 20.8 Å². The number of rotatable bonds is 1. The third-order valence-electron chi connectivity index (χ3n) is 6.07. The topological polar surface area (TPSA) is 0 Å². The Labute approximate surface area is 180 Å². The van der Waals surface area contributed by atoms with Gasteiger partial charge in [0, 0.05) is 0 Å². The van der Waals surface area contributed by atoms with Crippen molar-refractivity contribution in [1.82, 2.24) is 0 Å². The average molecular weight is 473 g/mol. The summed E-state index contributed by atoms with van der Waals surface area (Å²) < 4.78 is 0. The monoisotopic (exact) mass is 470 g/mol. The van der Waals surface area contributed by atoms with Crippen LogP contribution in [0.2, 0.25) is 0 Å². The number of halogens is 2. The fraction of sp³-hybridized carbons (Fsp3) is 0.565. The Morgan fingerprint density at radius 2 is 1.35 bits per heavy atom. The predicted octanol–water partition coefficient (Wildman–Crippen LogP) is 8.48. The Bertz CT molecular complexity index is 563. The van der Waals surface area contributed by atoms with Crippen molar-refractivity contribution in [2.45, 2.75) is 86.0 Å². The Morgan fingerprint density at radius 1 is 0.885 bits per heavy atom. The van der Waals surface area contributed by atoms with Crippen molar-refractivity contribution in [3.05, 3.63) is 57.1 Å². The molecule has 1 aliphatic carbocycles. The summed E-state index contributed by atoms with van der Waals surface area (Å²) in [5.41, 5.74) is 10.4. The van der Waals surface area contributed by atoms with E-state index in [4.69, 9.17) is 17.0 Å². The molecule has 2 aromatic carbocycles. The summed E-state index contributed by atoms with van der Waals surface area (Å²) in [5, 5.41) is 0. The predicted molar refractivity (Wildman–Crippen MR) is 115 cm³/mol. The molecule has 0 nitrogen and oxygen atoms in total. The van der Waals surface area contributed by atoms with Gasteiger partial charge in [0.05, 0.1) is 0 Å². The third-order valence-corrected chi connectivity index (χ3v) is 6.07. The van der Waals surface area contributed by atoms with Crippen LogP contribution in [0.4, 0.5) is 0 Å². The second-order valence-electron chi connectivity index (χ2n) is 7.61. The van der Waals surface area contributed by atoms with Gasteiger partial charge in [-0.15, -0.1) is 0 Å². The van der Waals surface area contributed by atoms with Crippen molar-refractivity contribution in [1.29, 1.82) is 0 Å². The van der Waals surface area contributed by atoms with E-state index in [1.165, 1.54) is 71.9 Å². The van der Waals surface area contributed by atoms with Gasteiger partial charge < -0.3 is 0 Å². The molecule has 3 heteroatoms. The van der Waals surface area contributed by atoms with Crippen molar-refractivity contribution in [2.24, 2.45) is 0 Å². The standard InChI is InChI=1S/C13H19.C10H15.2ClH.Zr/c1-11-8-9-13(10-11)12-6-4-2-3-5-7-12;1-6-7(2)9(4)10(5)8(6)3;;;/h8-10,12H,2-7H2,1H3;1-5H3;2*1H;/q2*-1;;;+4/p-2. The SMILES string of the molecule is C[c-]1ccc(C2CCCCCC2)c1.Cc1c(C)c(C)[c-](C)c1C.[Cl][Zr+2][Cl]. The molecular formula is C23H34Cl2Zr. The van der Waals surface area contributed by atoms with E-state index in [1.807, 2.05) is 0 Å². The Kier molecular flexibility index (Phi) is 11.7. The van der Waals surface area contributed by atoms with Crippen LogP contribution < -0.4 is 0 Å². The van der Waals surface area contributed by atoms with Gasteiger partial charge in [0.2, 0.25) is 0 Å². The molecular weight excluding hydrogens is 438 g/mol. The fourth-order valence-corrected chi connectivity index (χ4v) is 3.86. The summed E-state index contributed by atoms with van der Waals surface area (Å²) in [6, 6.07) is 6.95. The number of hydrogen-bond acceptors (Lipinski definition) is 0. The minimum atomic E-state index is -0.826. The zero-order chi connectivity index (χ0) is 19.7. The van der Waals surface area contributed by atoms with Gasteiger partial charge in [-0.3, -0.25) is 0 Å². The zero-order valence-corrected chi connectivity index (χ0v) is 21.3. The van der Waals surface area contributed by atoms with Crippen LogP contribution in [0.5, 0.6) is 0 Å². The molecule has 0 N–H and O–H groups in total. The maximum atomic E-state index is 4.93. The molecule has 3 rings (SSSR count). The molecule has 0 amide bonds. The molecule has 26 heavy (non-hydrogen) atoms. The Hall–Kier alpha value is 0.163. The summed E-state index contributed by atoms with van der Waals surface area (Å²) in [5.74, 6) is 0.871. The second kappa shape index (κ2) is 12.6. The molecule has 0 heterocycles.